The molecule has 2 heterocycles. The molecule has 0 aliphatic carbocycles. The van der Waals surface area contributed by atoms with Crippen LogP contribution in [0.1, 0.15) is 11.5 Å². The first-order chi connectivity index (χ1) is 9.70. The number of benzene rings is 1. The third kappa shape index (κ3) is 2.69. The smallest absolute Gasteiger partial charge is 0.227 e. The highest BCUT2D eigenvalue weighted by molar-refractivity contribution is 5.51. The molecule has 1 aromatic carbocycles. The van der Waals surface area contributed by atoms with E-state index in [0.717, 1.165) is 17.7 Å². The lowest BCUT2D eigenvalue weighted by atomic mass is 10.1. The van der Waals surface area contributed by atoms with Crippen molar-refractivity contribution < 1.29 is 4.52 Å². The molecule has 2 N–H and O–H groups in total. The van der Waals surface area contributed by atoms with Crippen molar-refractivity contribution in [2.24, 2.45) is 7.05 Å². The van der Waals surface area contributed by atoms with Crippen molar-refractivity contribution in [2.45, 2.75) is 12.8 Å². The van der Waals surface area contributed by atoms with Crippen LogP contribution in [0.5, 0.6) is 0 Å². The van der Waals surface area contributed by atoms with E-state index in [-0.39, 0.29) is 0 Å². The molecule has 0 atom stereocenters. The lowest BCUT2D eigenvalue weighted by Gasteiger charge is -1.98. The van der Waals surface area contributed by atoms with E-state index in [0.29, 0.717) is 18.1 Å². The van der Waals surface area contributed by atoms with E-state index in [2.05, 4.69) is 15.2 Å². The maximum Gasteiger partial charge on any atom is 0.227 e. The van der Waals surface area contributed by atoms with Crippen LogP contribution >= 0.6 is 0 Å². The Morgan fingerprint density at radius 1 is 1.20 bits per heavy atom. The summed E-state index contributed by atoms with van der Waals surface area (Å²) in [6, 6.07) is 7.80. The van der Waals surface area contributed by atoms with Gasteiger partial charge in [0.1, 0.15) is 0 Å². The van der Waals surface area contributed by atoms with Crippen molar-refractivity contribution >= 4 is 5.69 Å². The number of rotatable bonds is 4. The third-order valence-electron chi connectivity index (χ3n) is 3.04. The Morgan fingerprint density at radius 2 is 2.00 bits per heavy atom. The molecule has 3 rings (SSSR count). The van der Waals surface area contributed by atoms with E-state index in [1.165, 1.54) is 5.56 Å². The number of anilines is 1. The highest BCUT2D eigenvalue weighted by atomic mass is 16.5. The van der Waals surface area contributed by atoms with Crippen molar-refractivity contribution in [1.29, 1.82) is 0 Å². The van der Waals surface area contributed by atoms with Gasteiger partial charge >= 0.3 is 0 Å². The first-order valence-electron chi connectivity index (χ1n) is 6.37. The largest absolute Gasteiger partial charge is 0.399 e. The maximum absolute atomic E-state index is 5.65. The van der Waals surface area contributed by atoms with Crippen LogP contribution in [0.4, 0.5) is 5.69 Å². The van der Waals surface area contributed by atoms with E-state index >= 15 is 0 Å². The second kappa shape index (κ2) is 5.16. The van der Waals surface area contributed by atoms with E-state index in [4.69, 9.17) is 10.3 Å². The van der Waals surface area contributed by atoms with Gasteiger partial charge in [-0.1, -0.05) is 17.3 Å². The second-order valence-corrected chi connectivity index (χ2v) is 4.66. The van der Waals surface area contributed by atoms with Crippen molar-refractivity contribution in [1.82, 2.24) is 19.9 Å². The predicted octanol–water partition coefficient (Wildman–Crippen LogP) is 1.84. The van der Waals surface area contributed by atoms with Crippen LogP contribution in [-0.2, 0) is 19.9 Å². The number of hydrogen-bond acceptors (Lipinski definition) is 5. The molecule has 0 bridgehead atoms. The number of hydrogen-bond donors (Lipinski definition) is 1. The second-order valence-electron chi connectivity index (χ2n) is 4.66. The summed E-state index contributed by atoms with van der Waals surface area (Å²) in [6.45, 7) is 0. The molecule has 0 fully saturated rings. The lowest BCUT2D eigenvalue weighted by Crippen LogP contribution is -1.92. The number of aromatic nitrogens is 4. The zero-order valence-electron chi connectivity index (χ0n) is 11.2. The normalized spacial score (nSPS) is 10.8. The predicted molar refractivity (Wildman–Crippen MR) is 74.8 cm³/mol. The Labute approximate surface area is 116 Å². The molecule has 3 aromatic rings. The third-order valence-corrected chi connectivity index (χ3v) is 3.04. The maximum atomic E-state index is 5.65. The van der Waals surface area contributed by atoms with Gasteiger partial charge in [-0.05, 0) is 24.1 Å². The molecule has 0 amide bonds. The monoisotopic (exact) mass is 269 g/mol. The fourth-order valence-electron chi connectivity index (χ4n) is 1.95. The van der Waals surface area contributed by atoms with Crippen LogP contribution in [0.15, 0.2) is 41.2 Å². The van der Waals surface area contributed by atoms with Crippen molar-refractivity contribution in [3.63, 3.8) is 0 Å². The van der Waals surface area contributed by atoms with Crippen LogP contribution in [0.3, 0.4) is 0 Å². The summed E-state index contributed by atoms with van der Waals surface area (Å²) < 4.78 is 6.96. The Balaban J connectivity index is 1.67. The molecular formula is C14H15N5O. The molecule has 0 unspecified atom stereocenters. The number of nitrogens with zero attached hydrogens (tertiary/aromatic N) is 4. The number of nitrogen functional groups attached to an aromatic ring is 1. The molecule has 0 saturated heterocycles. The Hall–Kier alpha value is -2.63. The van der Waals surface area contributed by atoms with Gasteiger partial charge < -0.3 is 10.3 Å². The summed E-state index contributed by atoms with van der Waals surface area (Å²) in [6.07, 6.45) is 5.12. The first kappa shape index (κ1) is 12.4. The van der Waals surface area contributed by atoms with Gasteiger partial charge in [0.15, 0.2) is 0 Å². The Bertz CT molecular complexity index is 698. The summed E-state index contributed by atoms with van der Waals surface area (Å²) in [5.74, 6) is 1.20. The highest BCUT2D eigenvalue weighted by Crippen LogP contribution is 2.15. The molecule has 0 radical (unpaired) electrons. The first-order valence-corrected chi connectivity index (χ1v) is 6.37. The zero-order valence-corrected chi connectivity index (χ0v) is 11.2. The van der Waals surface area contributed by atoms with Gasteiger partial charge in [-0.2, -0.15) is 10.1 Å². The quantitative estimate of drug-likeness (QED) is 0.731. The van der Waals surface area contributed by atoms with Crippen molar-refractivity contribution in [3.05, 3.63) is 48.1 Å². The standard InChI is InChI=1S/C14H15N5O/c1-19-9-11(8-16-19)14-17-13(20-18-14)7-4-10-2-5-12(15)6-3-10/h2-3,5-6,8-9H,4,7,15H2,1H3. The topological polar surface area (TPSA) is 82.8 Å². The van der Waals surface area contributed by atoms with Crippen LogP contribution in [0.25, 0.3) is 11.4 Å². The van der Waals surface area contributed by atoms with Crippen molar-refractivity contribution in [3.8, 4) is 11.4 Å². The van der Waals surface area contributed by atoms with Crippen LogP contribution in [0, 0.1) is 0 Å². The van der Waals surface area contributed by atoms with E-state index in [9.17, 15) is 0 Å². The molecule has 6 heteroatoms. The minimum absolute atomic E-state index is 0.574. The molecule has 0 aliphatic rings. The minimum atomic E-state index is 0.574. The molecule has 0 spiro atoms. The van der Waals surface area contributed by atoms with Crippen LogP contribution in [0.2, 0.25) is 0 Å². The molecule has 6 nitrogen and oxygen atoms in total. The Morgan fingerprint density at radius 3 is 2.70 bits per heavy atom. The lowest BCUT2D eigenvalue weighted by molar-refractivity contribution is 0.379. The average molecular weight is 269 g/mol. The summed E-state index contributed by atoms with van der Waals surface area (Å²) in [5, 5.41) is 8.05. The van der Waals surface area contributed by atoms with E-state index in [1.807, 2.05) is 37.5 Å². The molecule has 0 aliphatic heterocycles. The number of nitrogens with two attached hydrogens (primary N) is 1. The Kier molecular flexibility index (Phi) is 3.20. The van der Waals surface area contributed by atoms with Crippen LogP contribution < -0.4 is 5.73 Å². The van der Waals surface area contributed by atoms with Gasteiger partial charge in [0.05, 0.1) is 11.8 Å². The molecule has 20 heavy (non-hydrogen) atoms. The summed E-state index contributed by atoms with van der Waals surface area (Å²) >= 11 is 0. The molecule has 102 valence electrons. The van der Waals surface area contributed by atoms with E-state index < -0.39 is 0 Å². The van der Waals surface area contributed by atoms with E-state index in [1.54, 1.807) is 10.9 Å². The van der Waals surface area contributed by atoms with Gasteiger partial charge in [-0.3, -0.25) is 4.68 Å². The average Bonchev–Trinajstić information content (AvgIpc) is 3.07. The SMILES string of the molecule is Cn1cc(-c2noc(CCc3ccc(N)cc3)n2)cn1. The van der Waals surface area contributed by atoms with Gasteiger partial charge in [0.2, 0.25) is 11.7 Å². The molecule has 0 saturated carbocycles. The van der Waals surface area contributed by atoms with Gasteiger partial charge in [0.25, 0.3) is 0 Å². The number of aryl methyl sites for hydroxylation is 3. The molecule has 2 aromatic heterocycles. The minimum Gasteiger partial charge on any atom is -0.399 e. The highest BCUT2D eigenvalue weighted by Gasteiger charge is 2.10. The zero-order chi connectivity index (χ0) is 13.9. The fourth-order valence-corrected chi connectivity index (χ4v) is 1.95. The van der Waals surface area contributed by atoms with Gasteiger partial charge in [-0.15, -0.1) is 0 Å². The fraction of sp³-hybridized carbons (Fsp3) is 0.214. The van der Waals surface area contributed by atoms with Crippen molar-refractivity contribution in [2.75, 3.05) is 5.73 Å². The molecular weight excluding hydrogens is 254 g/mol. The summed E-state index contributed by atoms with van der Waals surface area (Å²) in [7, 11) is 1.85. The summed E-state index contributed by atoms with van der Waals surface area (Å²) in [5.41, 5.74) is 8.48. The summed E-state index contributed by atoms with van der Waals surface area (Å²) in [4.78, 5) is 4.37. The van der Waals surface area contributed by atoms with Gasteiger partial charge in [0, 0.05) is 25.4 Å². The van der Waals surface area contributed by atoms with Gasteiger partial charge in [-0.25, -0.2) is 0 Å². The van der Waals surface area contributed by atoms with Crippen LogP contribution in [-0.4, -0.2) is 19.9 Å².